The SMILES string of the molecule is COc1cc(C#N)ccc1S(=O)(=O)NC1CCCC(N)C1.Cl. The molecule has 2 unspecified atom stereocenters. The molecule has 0 radical (unpaired) electrons. The zero-order valence-electron chi connectivity index (χ0n) is 12.3. The molecule has 0 aromatic heterocycles. The van der Waals surface area contributed by atoms with E-state index < -0.39 is 10.0 Å². The van der Waals surface area contributed by atoms with Gasteiger partial charge in [-0.2, -0.15) is 5.26 Å². The maximum Gasteiger partial charge on any atom is 0.244 e. The van der Waals surface area contributed by atoms with Crippen molar-refractivity contribution in [3.63, 3.8) is 0 Å². The fourth-order valence-corrected chi connectivity index (χ4v) is 4.01. The predicted molar refractivity (Wildman–Crippen MR) is 85.5 cm³/mol. The van der Waals surface area contributed by atoms with Gasteiger partial charge >= 0.3 is 0 Å². The lowest BCUT2D eigenvalue weighted by Crippen LogP contribution is -2.42. The van der Waals surface area contributed by atoms with Crippen LogP contribution in [0.3, 0.4) is 0 Å². The van der Waals surface area contributed by atoms with Gasteiger partial charge in [0.25, 0.3) is 0 Å². The summed E-state index contributed by atoms with van der Waals surface area (Å²) in [4.78, 5) is 0.0446. The fourth-order valence-electron chi connectivity index (χ4n) is 2.58. The summed E-state index contributed by atoms with van der Waals surface area (Å²) < 4.78 is 32.7. The van der Waals surface area contributed by atoms with Crippen LogP contribution in [-0.4, -0.2) is 27.6 Å². The number of nitrogens with one attached hydrogen (secondary N) is 1. The molecule has 1 aromatic carbocycles. The lowest BCUT2D eigenvalue weighted by atomic mass is 9.92. The number of rotatable bonds is 4. The molecule has 0 amide bonds. The second-order valence-corrected chi connectivity index (χ2v) is 6.90. The van der Waals surface area contributed by atoms with Gasteiger partial charge in [-0.15, -0.1) is 12.4 Å². The van der Waals surface area contributed by atoms with Crippen molar-refractivity contribution >= 4 is 22.4 Å². The van der Waals surface area contributed by atoms with Crippen LogP contribution in [0.4, 0.5) is 0 Å². The van der Waals surface area contributed by atoms with Crippen molar-refractivity contribution in [1.29, 1.82) is 5.26 Å². The third kappa shape index (κ3) is 4.34. The molecule has 0 saturated heterocycles. The number of ether oxygens (including phenoxy) is 1. The lowest BCUT2D eigenvalue weighted by Gasteiger charge is -2.27. The minimum Gasteiger partial charge on any atom is -0.495 e. The van der Waals surface area contributed by atoms with Gasteiger partial charge in [0.05, 0.1) is 18.7 Å². The highest BCUT2D eigenvalue weighted by atomic mass is 35.5. The molecule has 0 spiro atoms. The fraction of sp³-hybridized carbons (Fsp3) is 0.500. The molecular formula is C14H20ClN3O3S. The molecule has 2 rings (SSSR count). The normalized spacial score (nSPS) is 21.5. The van der Waals surface area contributed by atoms with E-state index in [1.807, 2.05) is 6.07 Å². The summed E-state index contributed by atoms with van der Waals surface area (Å²) in [5, 5.41) is 8.86. The van der Waals surface area contributed by atoms with E-state index in [9.17, 15) is 8.42 Å². The minimum atomic E-state index is -3.69. The van der Waals surface area contributed by atoms with Crippen LogP contribution in [0.15, 0.2) is 23.1 Å². The van der Waals surface area contributed by atoms with Crippen LogP contribution < -0.4 is 15.2 Å². The zero-order valence-corrected chi connectivity index (χ0v) is 13.9. The van der Waals surface area contributed by atoms with E-state index in [0.717, 1.165) is 19.3 Å². The highest BCUT2D eigenvalue weighted by Crippen LogP contribution is 2.26. The first kappa shape index (κ1) is 18.7. The highest BCUT2D eigenvalue weighted by Gasteiger charge is 2.27. The van der Waals surface area contributed by atoms with Crippen molar-refractivity contribution in [3.8, 4) is 11.8 Å². The summed E-state index contributed by atoms with van der Waals surface area (Å²) in [5.74, 6) is 0.168. The standard InChI is InChI=1S/C14H19N3O3S.ClH/c1-20-13-7-10(9-15)5-6-14(13)21(18,19)17-12-4-2-3-11(16)8-12;/h5-7,11-12,17H,2-4,8,16H2,1H3;1H. The molecule has 0 heterocycles. The Morgan fingerprint density at radius 1 is 1.41 bits per heavy atom. The summed E-state index contributed by atoms with van der Waals surface area (Å²) in [5.41, 5.74) is 6.23. The molecule has 1 aliphatic carbocycles. The van der Waals surface area contributed by atoms with Gasteiger partial charge in [-0.05, 0) is 37.5 Å². The number of halogens is 1. The summed E-state index contributed by atoms with van der Waals surface area (Å²) >= 11 is 0. The van der Waals surface area contributed by atoms with Gasteiger partial charge in [0.1, 0.15) is 10.6 Å². The van der Waals surface area contributed by atoms with Gasteiger partial charge in [-0.1, -0.05) is 6.42 Å². The van der Waals surface area contributed by atoms with Gasteiger partial charge < -0.3 is 10.5 Å². The maximum absolute atomic E-state index is 12.5. The van der Waals surface area contributed by atoms with Crippen LogP contribution in [0.25, 0.3) is 0 Å². The summed E-state index contributed by atoms with van der Waals surface area (Å²) in [6, 6.07) is 6.11. The molecule has 8 heteroatoms. The first-order valence-electron chi connectivity index (χ1n) is 6.82. The largest absolute Gasteiger partial charge is 0.495 e. The van der Waals surface area contributed by atoms with Gasteiger partial charge in [-0.3, -0.25) is 0 Å². The minimum absolute atomic E-state index is 0. The van der Waals surface area contributed by atoms with E-state index in [4.69, 9.17) is 15.7 Å². The number of nitriles is 1. The molecule has 3 N–H and O–H groups in total. The number of nitrogens with two attached hydrogens (primary N) is 1. The van der Waals surface area contributed by atoms with E-state index in [1.165, 1.54) is 25.3 Å². The molecule has 1 saturated carbocycles. The summed E-state index contributed by atoms with van der Waals surface area (Å²) in [6.45, 7) is 0. The topological polar surface area (TPSA) is 105 Å². The Balaban J connectivity index is 0.00000242. The van der Waals surface area contributed by atoms with Gasteiger partial charge in [0.15, 0.2) is 0 Å². The first-order valence-corrected chi connectivity index (χ1v) is 8.30. The molecule has 2 atom stereocenters. The smallest absolute Gasteiger partial charge is 0.244 e. The maximum atomic E-state index is 12.5. The Morgan fingerprint density at radius 2 is 2.14 bits per heavy atom. The van der Waals surface area contributed by atoms with Gasteiger partial charge in [0, 0.05) is 12.1 Å². The Kier molecular flexibility index (Phi) is 6.63. The van der Waals surface area contributed by atoms with E-state index in [-0.39, 0.29) is 35.1 Å². The third-order valence-corrected chi connectivity index (χ3v) is 5.18. The van der Waals surface area contributed by atoms with Crippen molar-refractivity contribution in [2.45, 2.75) is 42.7 Å². The van der Waals surface area contributed by atoms with Crippen LogP contribution in [0, 0.1) is 11.3 Å². The number of hydrogen-bond donors (Lipinski definition) is 2. The molecule has 22 heavy (non-hydrogen) atoms. The number of methoxy groups -OCH3 is 1. The average molecular weight is 346 g/mol. The Labute approximate surface area is 137 Å². The number of sulfonamides is 1. The van der Waals surface area contributed by atoms with Crippen LogP contribution in [-0.2, 0) is 10.0 Å². The summed E-state index contributed by atoms with van der Waals surface area (Å²) in [7, 11) is -2.31. The van der Waals surface area contributed by atoms with Crippen molar-refractivity contribution in [2.75, 3.05) is 7.11 Å². The number of benzene rings is 1. The van der Waals surface area contributed by atoms with Crippen LogP contribution >= 0.6 is 12.4 Å². The molecule has 6 nitrogen and oxygen atoms in total. The molecule has 1 aromatic rings. The Hall–Kier alpha value is -1.33. The molecular weight excluding hydrogens is 326 g/mol. The number of nitrogens with zero attached hydrogens (tertiary/aromatic N) is 1. The zero-order chi connectivity index (χ0) is 15.5. The molecule has 0 aliphatic heterocycles. The van der Waals surface area contributed by atoms with Crippen LogP contribution in [0.5, 0.6) is 5.75 Å². The second-order valence-electron chi connectivity index (χ2n) is 5.22. The average Bonchev–Trinajstić information content (AvgIpc) is 2.46. The predicted octanol–water partition coefficient (Wildman–Crippen LogP) is 1.54. The number of hydrogen-bond acceptors (Lipinski definition) is 5. The van der Waals surface area contributed by atoms with Crippen molar-refractivity contribution in [2.24, 2.45) is 5.73 Å². The van der Waals surface area contributed by atoms with Crippen LogP contribution in [0.1, 0.15) is 31.2 Å². The van der Waals surface area contributed by atoms with Gasteiger partial charge in [-0.25, -0.2) is 13.1 Å². The molecule has 1 aliphatic rings. The highest BCUT2D eigenvalue weighted by molar-refractivity contribution is 7.89. The van der Waals surface area contributed by atoms with Crippen molar-refractivity contribution in [3.05, 3.63) is 23.8 Å². The van der Waals surface area contributed by atoms with E-state index in [2.05, 4.69) is 4.72 Å². The van der Waals surface area contributed by atoms with E-state index in [0.29, 0.717) is 12.0 Å². The van der Waals surface area contributed by atoms with E-state index in [1.54, 1.807) is 0 Å². The quantitative estimate of drug-likeness (QED) is 0.861. The lowest BCUT2D eigenvalue weighted by molar-refractivity contribution is 0.369. The Morgan fingerprint density at radius 3 is 2.73 bits per heavy atom. The van der Waals surface area contributed by atoms with Crippen LogP contribution in [0.2, 0.25) is 0 Å². The molecule has 0 bridgehead atoms. The summed E-state index contributed by atoms with van der Waals surface area (Å²) in [6.07, 6.45) is 3.26. The monoisotopic (exact) mass is 345 g/mol. The first-order chi connectivity index (χ1) is 9.96. The van der Waals surface area contributed by atoms with Crippen molar-refractivity contribution in [1.82, 2.24) is 4.72 Å². The van der Waals surface area contributed by atoms with Gasteiger partial charge in [0.2, 0.25) is 10.0 Å². The Bertz CT molecular complexity index is 658. The van der Waals surface area contributed by atoms with Crippen molar-refractivity contribution < 1.29 is 13.2 Å². The molecule has 1 fully saturated rings. The molecule has 122 valence electrons. The van der Waals surface area contributed by atoms with E-state index >= 15 is 0 Å². The third-order valence-electron chi connectivity index (χ3n) is 3.62. The second kappa shape index (κ2) is 7.79.